The molecule has 0 radical (unpaired) electrons. The molecule has 126 valence electrons. The number of nitrogens with zero attached hydrogens (tertiary/aromatic N) is 6. The zero-order chi connectivity index (χ0) is 16.4. The maximum absolute atomic E-state index is 4.50. The third-order valence-corrected chi connectivity index (χ3v) is 4.45. The van der Waals surface area contributed by atoms with Crippen LogP contribution in [0.3, 0.4) is 0 Å². The van der Waals surface area contributed by atoms with Gasteiger partial charge in [0.25, 0.3) is 0 Å². The Labute approximate surface area is 138 Å². The SMILES string of the molecule is Cn1c(Cn2ccnc2)nnc1C1CCCN(CC(C)(C)C)C1. The van der Waals surface area contributed by atoms with Gasteiger partial charge in [-0.05, 0) is 24.8 Å². The van der Waals surface area contributed by atoms with E-state index >= 15 is 0 Å². The van der Waals surface area contributed by atoms with Crippen LogP contribution in [0.1, 0.15) is 51.2 Å². The van der Waals surface area contributed by atoms with Crippen LogP contribution in [-0.2, 0) is 13.6 Å². The summed E-state index contributed by atoms with van der Waals surface area (Å²) in [5.41, 5.74) is 0.342. The van der Waals surface area contributed by atoms with E-state index in [1.54, 1.807) is 6.20 Å². The Hall–Kier alpha value is -1.69. The van der Waals surface area contributed by atoms with E-state index in [0.717, 1.165) is 31.3 Å². The number of piperidine rings is 1. The van der Waals surface area contributed by atoms with E-state index in [4.69, 9.17) is 0 Å². The van der Waals surface area contributed by atoms with Gasteiger partial charge in [0.15, 0.2) is 5.82 Å². The van der Waals surface area contributed by atoms with Crippen molar-refractivity contribution in [2.24, 2.45) is 12.5 Å². The molecule has 0 saturated carbocycles. The van der Waals surface area contributed by atoms with E-state index in [-0.39, 0.29) is 0 Å². The first-order valence-electron chi connectivity index (χ1n) is 8.48. The van der Waals surface area contributed by atoms with Crippen LogP contribution in [0.5, 0.6) is 0 Å². The van der Waals surface area contributed by atoms with E-state index in [0.29, 0.717) is 11.3 Å². The Balaban J connectivity index is 1.70. The van der Waals surface area contributed by atoms with Gasteiger partial charge in [-0.25, -0.2) is 4.98 Å². The van der Waals surface area contributed by atoms with Crippen molar-refractivity contribution in [2.45, 2.75) is 46.1 Å². The summed E-state index contributed by atoms with van der Waals surface area (Å²) in [6.45, 7) is 11.1. The molecule has 3 heterocycles. The maximum atomic E-state index is 4.50. The van der Waals surface area contributed by atoms with Gasteiger partial charge in [-0.2, -0.15) is 0 Å². The molecule has 6 nitrogen and oxygen atoms in total. The van der Waals surface area contributed by atoms with Gasteiger partial charge >= 0.3 is 0 Å². The number of likely N-dealkylation sites (tertiary alicyclic amines) is 1. The Morgan fingerprint density at radius 3 is 2.78 bits per heavy atom. The molecule has 0 amide bonds. The molecule has 0 bridgehead atoms. The zero-order valence-electron chi connectivity index (χ0n) is 14.7. The van der Waals surface area contributed by atoms with Crippen LogP contribution < -0.4 is 0 Å². The fraction of sp³-hybridized carbons (Fsp3) is 0.706. The van der Waals surface area contributed by atoms with E-state index in [1.165, 1.54) is 19.4 Å². The Bertz CT molecular complexity index is 622. The third kappa shape index (κ3) is 3.99. The molecule has 23 heavy (non-hydrogen) atoms. The molecule has 1 aliphatic heterocycles. The highest BCUT2D eigenvalue weighted by molar-refractivity contribution is 5.04. The smallest absolute Gasteiger partial charge is 0.152 e. The lowest BCUT2D eigenvalue weighted by molar-refractivity contribution is 0.147. The monoisotopic (exact) mass is 316 g/mol. The van der Waals surface area contributed by atoms with Gasteiger partial charge < -0.3 is 14.0 Å². The van der Waals surface area contributed by atoms with Crippen molar-refractivity contribution >= 4 is 0 Å². The second kappa shape index (κ2) is 6.43. The topological polar surface area (TPSA) is 51.8 Å². The number of hydrogen-bond acceptors (Lipinski definition) is 4. The summed E-state index contributed by atoms with van der Waals surface area (Å²) in [5, 5.41) is 8.91. The summed E-state index contributed by atoms with van der Waals surface area (Å²) in [6, 6.07) is 0. The summed E-state index contributed by atoms with van der Waals surface area (Å²) in [5.74, 6) is 2.60. The molecule has 2 aromatic rings. The first-order chi connectivity index (χ1) is 10.9. The first kappa shape index (κ1) is 16.2. The molecule has 6 heteroatoms. The number of aromatic nitrogens is 5. The fourth-order valence-corrected chi connectivity index (χ4v) is 3.49. The quantitative estimate of drug-likeness (QED) is 0.868. The van der Waals surface area contributed by atoms with Gasteiger partial charge in [-0.1, -0.05) is 20.8 Å². The molecule has 1 saturated heterocycles. The number of rotatable bonds is 4. The third-order valence-electron chi connectivity index (χ3n) is 4.45. The summed E-state index contributed by atoms with van der Waals surface area (Å²) in [7, 11) is 2.09. The van der Waals surface area contributed by atoms with E-state index in [9.17, 15) is 0 Å². The molecule has 0 spiro atoms. The number of imidazole rings is 1. The highest BCUT2D eigenvalue weighted by Crippen LogP contribution is 2.28. The first-order valence-corrected chi connectivity index (χ1v) is 8.48. The second-order valence-electron chi connectivity index (χ2n) is 7.90. The summed E-state index contributed by atoms with van der Waals surface area (Å²) in [6.07, 6.45) is 8.02. The fourth-order valence-electron chi connectivity index (χ4n) is 3.49. The van der Waals surface area contributed by atoms with E-state index in [2.05, 4.69) is 52.5 Å². The van der Waals surface area contributed by atoms with Gasteiger partial charge in [0, 0.05) is 38.4 Å². The summed E-state index contributed by atoms with van der Waals surface area (Å²) >= 11 is 0. The molecular formula is C17H28N6. The molecule has 0 N–H and O–H groups in total. The average molecular weight is 316 g/mol. The lowest BCUT2D eigenvalue weighted by Gasteiger charge is -2.36. The standard InChI is InChI=1S/C17H28N6/c1-17(2,3)12-22-8-5-6-14(10-22)16-20-19-15(21(16)4)11-23-9-7-18-13-23/h7,9,13-14H,5-6,8,10-12H2,1-4H3. The van der Waals surface area contributed by atoms with Crippen molar-refractivity contribution in [2.75, 3.05) is 19.6 Å². The van der Waals surface area contributed by atoms with Gasteiger partial charge in [0.05, 0.1) is 12.9 Å². The van der Waals surface area contributed by atoms with Crippen molar-refractivity contribution in [1.82, 2.24) is 29.2 Å². The summed E-state index contributed by atoms with van der Waals surface area (Å²) in [4.78, 5) is 6.67. The van der Waals surface area contributed by atoms with Crippen LogP contribution in [0.2, 0.25) is 0 Å². The summed E-state index contributed by atoms with van der Waals surface area (Å²) < 4.78 is 4.20. The minimum atomic E-state index is 0.342. The molecular weight excluding hydrogens is 288 g/mol. The van der Waals surface area contributed by atoms with Gasteiger partial charge in [-0.3, -0.25) is 0 Å². The normalized spacial score (nSPS) is 20.1. The second-order valence-corrected chi connectivity index (χ2v) is 7.90. The minimum Gasteiger partial charge on any atom is -0.330 e. The highest BCUT2D eigenvalue weighted by Gasteiger charge is 2.27. The minimum absolute atomic E-state index is 0.342. The van der Waals surface area contributed by atoms with Crippen LogP contribution >= 0.6 is 0 Å². The predicted molar refractivity (Wildman–Crippen MR) is 90.2 cm³/mol. The molecule has 0 aliphatic carbocycles. The number of hydrogen-bond donors (Lipinski definition) is 0. The molecule has 1 atom stereocenters. The van der Waals surface area contributed by atoms with Crippen molar-refractivity contribution in [1.29, 1.82) is 0 Å². The Morgan fingerprint density at radius 1 is 1.26 bits per heavy atom. The predicted octanol–water partition coefficient (Wildman–Crippen LogP) is 2.29. The van der Waals surface area contributed by atoms with Gasteiger partial charge in [0.1, 0.15) is 5.82 Å². The molecule has 2 aromatic heterocycles. The molecule has 1 fully saturated rings. The van der Waals surface area contributed by atoms with Crippen LogP contribution in [-0.4, -0.2) is 48.8 Å². The van der Waals surface area contributed by atoms with Crippen molar-refractivity contribution in [3.63, 3.8) is 0 Å². The van der Waals surface area contributed by atoms with Gasteiger partial charge in [0.2, 0.25) is 0 Å². The van der Waals surface area contributed by atoms with E-state index < -0.39 is 0 Å². The highest BCUT2D eigenvalue weighted by atomic mass is 15.3. The largest absolute Gasteiger partial charge is 0.330 e. The molecule has 1 unspecified atom stereocenters. The Kier molecular flexibility index (Phi) is 4.53. The maximum Gasteiger partial charge on any atom is 0.152 e. The Morgan fingerprint density at radius 2 is 2.09 bits per heavy atom. The van der Waals surface area contributed by atoms with Crippen LogP contribution in [0.4, 0.5) is 0 Å². The van der Waals surface area contributed by atoms with Gasteiger partial charge in [-0.15, -0.1) is 10.2 Å². The van der Waals surface area contributed by atoms with Crippen molar-refractivity contribution in [3.05, 3.63) is 30.4 Å². The van der Waals surface area contributed by atoms with Crippen LogP contribution in [0.15, 0.2) is 18.7 Å². The van der Waals surface area contributed by atoms with Crippen molar-refractivity contribution < 1.29 is 0 Å². The van der Waals surface area contributed by atoms with E-state index in [1.807, 2.05) is 17.1 Å². The average Bonchev–Trinajstić information content (AvgIpc) is 3.09. The lowest BCUT2D eigenvalue weighted by Crippen LogP contribution is -2.40. The molecule has 1 aliphatic rings. The van der Waals surface area contributed by atoms with Crippen molar-refractivity contribution in [3.8, 4) is 0 Å². The van der Waals surface area contributed by atoms with Crippen LogP contribution in [0, 0.1) is 5.41 Å². The lowest BCUT2D eigenvalue weighted by atomic mass is 9.92. The zero-order valence-corrected chi connectivity index (χ0v) is 14.7. The molecule has 0 aromatic carbocycles. The molecule has 3 rings (SSSR count). The van der Waals surface area contributed by atoms with Crippen LogP contribution in [0.25, 0.3) is 0 Å².